The number of hydrogen-bond acceptors (Lipinski definition) is 6. The first kappa shape index (κ1) is 68.0. The van der Waals surface area contributed by atoms with Gasteiger partial charge in [-0.05, 0) is 77.0 Å². The van der Waals surface area contributed by atoms with Crippen molar-refractivity contribution in [2.24, 2.45) is 0 Å². The van der Waals surface area contributed by atoms with Gasteiger partial charge in [0.1, 0.15) is 13.2 Å². The van der Waals surface area contributed by atoms with Crippen LogP contribution in [0.25, 0.3) is 0 Å². The maximum atomic E-state index is 12.8. The monoisotopic (exact) mass is 1000 g/mol. The molecule has 0 aliphatic carbocycles. The van der Waals surface area contributed by atoms with Crippen molar-refractivity contribution in [1.82, 2.24) is 0 Å². The zero-order chi connectivity index (χ0) is 52.9. The molecule has 0 spiro atoms. The minimum absolute atomic E-state index is 0.128. The zero-order valence-electron chi connectivity index (χ0n) is 46.6. The minimum atomic E-state index is -0.845. The molecule has 0 aliphatic rings. The highest BCUT2D eigenvalue weighted by Crippen LogP contribution is 2.15. The summed E-state index contributed by atoms with van der Waals surface area (Å²) in [6, 6.07) is 0. The van der Waals surface area contributed by atoms with Gasteiger partial charge in [0.15, 0.2) is 6.10 Å². The lowest BCUT2D eigenvalue weighted by Gasteiger charge is -2.18. The molecule has 0 N–H and O–H groups in total. The van der Waals surface area contributed by atoms with E-state index in [2.05, 4.69) is 93.7 Å². The number of ether oxygens (including phenoxy) is 3. The van der Waals surface area contributed by atoms with Crippen molar-refractivity contribution in [1.29, 1.82) is 0 Å². The predicted molar refractivity (Wildman–Crippen MR) is 315 cm³/mol. The molecule has 0 aliphatic heterocycles. The van der Waals surface area contributed by atoms with Gasteiger partial charge in [-0.25, -0.2) is 0 Å². The van der Waals surface area contributed by atoms with Crippen molar-refractivity contribution in [2.45, 2.75) is 232 Å². The van der Waals surface area contributed by atoms with Crippen LogP contribution in [0.4, 0.5) is 0 Å². The standard InChI is InChI=1S/C67H104O6/c1-4-7-10-13-16-19-22-25-28-31-33-36-39-42-45-48-51-54-57-60-66(69)72-63-64(62-71-65(68)59-56-53-50-47-44-41-38-35-30-27-24-21-18-15-12-9-6-3)73-67(70)61-58-55-52-49-46-43-40-37-34-32-29-26-23-20-17-14-11-8-5-2/h7-8,10-11,13,16-17,19-20,22,25-26,28-29,31,33-34,36-37,39,42-43,45-46,52,55,64H,4-6,9,12,14-15,18,21,23-24,27,30,32,35,38,40-41,44,47-51,53-54,56-63H2,1-3H3/b10-7-,11-8-,16-13-,20-17-,22-19-,28-25-,29-26-,33-31+,37-34-,39-36-,45-42-,46-43-,55-52-. The van der Waals surface area contributed by atoms with Gasteiger partial charge in [0.2, 0.25) is 0 Å². The molecule has 0 radical (unpaired) electrons. The van der Waals surface area contributed by atoms with Crippen LogP contribution in [0, 0.1) is 0 Å². The van der Waals surface area contributed by atoms with E-state index in [4.69, 9.17) is 14.2 Å². The van der Waals surface area contributed by atoms with Gasteiger partial charge in [0.05, 0.1) is 0 Å². The van der Waals surface area contributed by atoms with E-state index in [-0.39, 0.29) is 38.0 Å². The first-order chi connectivity index (χ1) is 36.0. The van der Waals surface area contributed by atoms with Crippen LogP contribution in [0.5, 0.6) is 0 Å². The van der Waals surface area contributed by atoms with E-state index in [1.165, 1.54) is 89.9 Å². The molecule has 0 rings (SSSR count). The highest BCUT2D eigenvalue weighted by molar-refractivity contribution is 5.71. The Morgan fingerprint density at radius 3 is 1.03 bits per heavy atom. The number of carbonyl (C=O) groups is 3. The normalized spacial score (nSPS) is 13.3. The van der Waals surface area contributed by atoms with E-state index in [0.29, 0.717) is 19.3 Å². The number of allylic oxidation sites excluding steroid dienone is 26. The lowest BCUT2D eigenvalue weighted by Crippen LogP contribution is -2.30. The van der Waals surface area contributed by atoms with Gasteiger partial charge in [0.25, 0.3) is 0 Å². The molecule has 1 atom stereocenters. The van der Waals surface area contributed by atoms with E-state index in [1.54, 1.807) is 0 Å². The fourth-order valence-corrected chi connectivity index (χ4v) is 7.45. The van der Waals surface area contributed by atoms with Crippen molar-refractivity contribution < 1.29 is 28.6 Å². The molecule has 408 valence electrons. The molecule has 0 aromatic rings. The summed E-state index contributed by atoms with van der Waals surface area (Å²) in [5, 5.41) is 0. The van der Waals surface area contributed by atoms with Crippen molar-refractivity contribution >= 4 is 17.9 Å². The highest BCUT2D eigenvalue weighted by atomic mass is 16.6. The molecule has 1 unspecified atom stereocenters. The smallest absolute Gasteiger partial charge is 0.306 e. The molecule has 0 bridgehead atoms. The summed E-state index contributed by atoms with van der Waals surface area (Å²) < 4.78 is 16.8. The minimum Gasteiger partial charge on any atom is -0.462 e. The van der Waals surface area contributed by atoms with Gasteiger partial charge < -0.3 is 14.2 Å². The SMILES string of the molecule is CC\C=C/C=C\C=C/C=C\C=C\C=C/C=C\CCCCCC(=O)OCC(COC(=O)CCCCCCCCCCCCCCCCCCC)OC(=O)CC/C=C\C/C=C\C/C=C\C/C=C\C/C=C\C/C=C\CC. The molecule has 0 saturated heterocycles. The average Bonchev–Trinajstić information content (AvgIpc) is 3.39. The Labute approximate surface area is 448 Å². The van der Waals surface area contributed by atoms with Crippen LogP contribution >= 0.6 is 0 Å². The number of rotatable bonds is 50. The van der Waals surface area contributed by atoms with E-state index in [1.807, 2.05) is 85.1 Å². The zero-order valence-corrected chi connectivity index (χ0v) is 46.6. The van der Waals surface area contributed by atoms with E-state index >= 15 is 0 Å². The molecule has 0 saturated carbocycles. The second-order valence-electron chi connectivity index (χ2n) is 18.6. The average molecular weight is 1010 g/mol. The summed E-state index contributed by atoms with van der Waals surface area (Å²) in [5.41, 5.74) is 0. The van der Waals surface area contributed by atoms with Crippen molar-refractivity contribution in [3.63, 3.8) is 0 Å². The van der Waals surface area contributed by atoms with Crippen molar-refractivity contribution in [3.05, 3.63) is 158 Å². The van der Waals surface area contributed by atoms with Crippen LogP contribution in [0.2, 0.25) is 0 Å². The van der Waals surface area contributed by atoms with Gasteiger partial charge >= 0.3 is 17.9 Å². The summed E-state index contributed by atoms with van der Waals surface area (Å²) in [6.45, 7) is 6.27. The Morgan fingerprint density at radius 2 is 0.630 bits per heavy atom. The Kier molecular flexibility index (Phi) is 55.5. The molecule has 0 fully saturated rings. The third kappa shape index (κ3) is 57.8. The molecule has 0 amide bonds. The van der Waals surface area contributed by atoms with Gasteiger partial charge in [-0.3, -0.25) is 14.4 Å². The predicted octanol–water partition coefficient (Wildman–Crippen LogP) is 19.8. The maximum absolute atomic E-state index is 12.8. The van der Waals surface area contributed by atoms with Crippen LogP contribution in [-0.2, 0) is 28.6 Å². The summed E-state index contributed by atoms with van der Waals surface area (Å²) in [5.74, 6) is -1.07. The third-order valence-corrected chi connectivity index (χ3v) is 11.7. The second kappa shape index (κ2) is 59.6. The van der Waals surface area contributed by atoms with Gasteiger partial charge in [-0.15, -0.1) is 0 Å². The van der Waals surface area contributed by atoms with Crippen LogP contribution in [0.15, 0.2) is 158 Å². The summed E-state index contributed by atoms with van der Waals surface area (Å²) in [4.78, 5) is 38.2. The molecule has 0 aromatic heterocycles. The number of hydrogen-bond donors (Lipinski definition) is 0. The Morgan fingerprint density at radius 1 is 0.301 bits per heavy atom. The summed E-state index contributed by atoms with van der Waals surface area (Å²) in [7, 11) is 0. The highest BCUT2D eigenvalue weighted by Gasteiger charge is 2.19. The van der Waals surface area contributed by atoms with Gasteiger partial charge in [-0.1, -0.05) is 288 Å². The van der Waals surface area contributed by atoms with Crippen LogP contribution < -0.4 is 0 Å². The lowest BCUT2D eigenvalue weighted by atomic mass is 10.0. The Bertz CT molecular complexity index is 1670. The maximum Gasteiger partial charge on any atom is 0.306 e. The van der Waals surface area contributed by atoms with E-state index < -0.39 is 12.1 Å². The van der Waals surface area contributed by atoms with Crippen LogP contribution in [0.1, 0.15) is 226 Å². The summed E-state index contributed by atoms with van der Waals surface area (Å²) in [6.07, 6.45) is 86.7. The largest absolute Gasteiger partial charge is 0.462 e. The fourth-order valence-electron chi connectivity index (χ4n) is 7.45. The quantitative estimate of drug-likeness (QED) is 0.0199. The van der Waals surface area contributed by atoms with Gasteiger partial charge in [-0.2, -0.15) is 0 Å². The first-order valence-corrected chi connectivity index (χ1v) is 29.1. The first-order valence-electron chi connectivity index (χ1n) is 29.1. The van der Waals surface area contributed by atoms with Crippen LogP contribution in [0.3, 0.4) is 0 Å². The van der Waals surface area contributed by atoms with Crippen molar-refractivity contribution in [2.75, 3.05) is 13.2 Å². The van der Waals surface area contributed by atoms with Crippen molar-refractivity contribution in [3.8, 4) is 0 Å². The lowest BCUT2D eigenvalue weighted by molar-refractivity contribution is -0.166. The van der Waals surface area contributed by atoms with Crippen LogP contribution in [-0.4, -0.2) is 37.2 Å². The third-order valence-electron chi connectivity index (χ3n) is 11.7. The molecule has 6 heteroatoms. The fraction of sp³-hybridized carbons (Fsp3) is 0.567. The van der Waals surface area contributed by atoms with E-state index in [9.17, 15) is 14.4 Å². The number of unbranched alkanes of at least 4 members (excludes halogenated alkanes) is 19. The summed E-state index contributed by atoms with van der Waals surface area (Å²) >= 11 is 0. The van der Waals surface area contributed by atoms with Gasteiger partial charge in [0, 0.05) is 19.3 Å². The molecular weight excluding hydrogens is 901 g/mol. The van der Waals surface area contributed by atoms with E-state index in [0.717, 1.165) is 83.5 Å². The molecule has 0 aromatic carbocycles. The molecule has 73 heavy (non-hydrogen) atoms. The topological polar surface area (TPSA) is 78.9 Å². The molecule has 6 nitrogen and oxygen atoms in total. The number of esters is 3. The Balaban J connectivity index is 4.62. The molecule has 0 heterocycles. The molecular formula is C67H104O6. The number of carbonyl (C=O) groups excluding carboxylic acids is 3. The Hall–Kier alpha value is -4.97. The second-order valence-corrected chi connectivity index (χ2v) is 18.6.